The lowest BCUT2D eigenvalue weighted by atomic mass is 10.1. The smallest absolute Gasteiger partial charge is 0.118 e. The molecule has 0 heterocycles. The Hall–Kier alpha value is -1.10. The number of benzene rings is 1. The van der Waals surface area contributed by atoms with E-state index >= 15 is 0 Å². The topological polar surface area (TPSA) is 44.7 Å². The second kappa shape index (κ2) is 8.95. The van der Waals surface area contributed by atoms with Crippen LogP contribution in [0.1, 0.15) is 31.9 Å². The lowest BCUT2D eigenvalue weighted by molar-refractivity contribution is 0.171. The Balaban J connectivity index is 2.27. The molecule has 2 N–H and O–H groups in total. The zero-order chi connectivity index (χ0) is 15.0. The van der Waals surface area contributed by atoms with Crippen LogP contribution in [0, 0.1) is 0 Å². The maximum atomic E-state index is 10.1. The monoisotopic (exact) mass is 280 g/mol. The standard InChI is InChI=1S/C16H28N2O2/c1-5-13(2)18(3)11-10-17-12-16(19)14-6-8-15(20-4)9-7-14/h6-9,13,16-17,19H,5,10-12H2,1-4H3. The van der Waals surface area contributed by atoms with Crippen molar-refractivity contribution in [1.82, 2.24) is 10.2 Å². The minimum atomic E-state index is -0.477. The third-order valence-electron chi connectivity index (χ3n) is 3.82. The van der Waals surface area contributed by atoms with E-state index in [1.807, 2.05) is 24.3 Å². The van der Waals surface area contributed by atoms with Gasteiger partial charge in [0, 0.05) is 25.7 Å². The first kappa shape index (κ1) is 17.0. The maximum absolute atomic E-state index is 10.1. The first-order valence-electron chi connectivity index (χ1n) is 7.31. The summed E-state index contributed by atoms with van der Waals surface area (Å²) in [6, 6.07) is 8.14. The van der Waals surface area contributed by atoms with Gasteiger partial charge in [0.25, 0.3) is 0 Å². The minimum absolute atomic E-state index is 0.477. The Labute approximate surface area is 122 Å². The van der Waals surface area contributed by atoms with Gasteiger partial charge in [0.2, 0.25) is 0 Å². The molecule has 4 heteroatoms. The Bertz CT molecular complexity index is 367. The SMILES string of the molecule is CCC(C)N(C)CCNCC(O)c1ccc(OC)cc1. The predicted molar refractivity (Wildman–Crippen MR) is 83.2 cm³/mol. The van der Waals surface area contributed by atoms with Crippen molar-refractivity contribution in [3.05, 3.63) is 29.8 Å². The van der Waals surface area contributed by atoms with E-state index in [0.29, 0.717) is 12.6 Å². The fraction of sp³-hybridized carbons (Fsp3) is 0.625. The third kappa shape index (κ3) is 5.49. The summed E-state index contributed by atoms with van der Waals surface area (Å²) in [6.45, 7) is 6.87. The molecule has 0 amide bonds. The Morgan fingerprint density at radius 1 is 1.30 bits per heavy atom. The maximum Gasteiger partial charge on any atom is 0.118 e. The Morgan fingerprint density at radius 2 is 1.95 bits per heavy atom. The molecule has 1 aromatic carbocycles. The highest BCUT2D eigenvalue weighted by Crippen LogP contribution is 2.16. The zero-order valence-electron chi connectivity index (χ0n) is 13.1. The van der Waals surface area contributed by atoms with Gasteiger partial charge in [0.1, 0.15) is 5.75 Å². The molecule has 114 valence electrons. The first-order chi connectivity index (χ1) is 9.58. The van der Waals surface area contributed by atoms with E-state index in [-0.39, 0.29) is 0 Å². The number of ether oxygens (including phenoxy) is 1. The van der Waals surface area contributed by atoms with E-state index in [2.05, 4.69) is 31.1 Å². The molecule has 4 nitrogen and oxygen atoms in total. The van der Waals surface area contributed by atoms with Crippen molar-refractivity contribution in [2.75, 3.05) is 33.8 Å². The number of aliphatic hydroxyl groups is 1. The number of rotatable bonds is 9. The first-order valence-corrected chi connectivity index (χ1v) is 7.31. The predicted octanol–water partition coefficient (Wildman–Crippen LogP) is 2.05. The molecule has 0 saturated heterocycles. The summed E-state index contributed by atoms with van der Waals surface area (Å²) in [5, 5.41) is 13.4. The molecule has 0 fully saturated rings. The average Bonchev–Trinajstić information content (AvgIpc) is 2.50. The van der Waals surface area contributed by atoms with E-state index in [1.165, 1.54) is 0 Å². The van der Waals surface area contributed by atoms with Gasteiger partial charge in [-0.3, -0.25) is 0 Å². The zero-order valence-corrected chi connectivity index (χ0v) is 13.1. The number of nitrogens with zero attached hydrogens (tertiary/aromatic N) is 1. The summed E-state index contributed by atoms with van der Waals surface area (Å²) < 4.78 is 5.10. The van der Waals surface area contributed by atoms with Crippen LogP contribution in [0.2, 0.25) is 0 Å². The van der Waals surface area contributed by atoms with Gasteiger partial charge >= 0.3 is 0 Å². The second-order valence-electron chi connectivity index (χ2n) is 5.23. The summed E-state index contributed by atoms with van der Waals surface area (Å²) in [6.07, 6.45) is 0.681. The van der Waals surface area contributed by atoms with Crippen LogP contribution in [-0.4, -0.2) is 49.8 Å². The van der Waals surface area contributed by atoms with Gasteiger partial charge in [-0.1, -0.05) is 19.1 Å². The molecule has 0 aliphatic heterocycles. The summed E-state index contributed by atoms with van der Waals surface area (Å²) in [5.41, 5.74) is 0.911. The minimum Gasteiger partial charge on any atom is -0.497 e. The molecule has 0 radical (unpaired) electrons. The molecule has 0 saturated carbocycles. The molecule has 0 spiro atoms. The quantitative estimate of drug-likeness (QED) is 0.680. The van der Waals surface area contributed by atoms with Crippen molar-refractivity contribution in [2.24, 2.45) is 0 Å². The van der Waals surface area contributed by atoms with Crippen LogP contribution in [0.4, 0.5) is 0 Å². The van der Waals surface area contributed by atoms with Crippen molar-refractivity contribution in [1.29, 1.82) is 0 Å². The van der Waals surface area contributed by atoms with Crippen molar-refractivity contribution < 1.29 is 9.84 Å². The summed E-state index contributed by atoms with van der Waals surface area (Å²) >= 11 is 0. The van der Waals surface area contributed by atoms with Gasteiger partial charge in [-0.05, 0) is 38.1 Å². The molecule has 1 rings (SSSR count). The van der Waals surface area contributed by atoms with Crippen molar-refractivity contribution in [2.45, 2.75) is 32.4 Å². The number of methoxy groups -OCH3 is 1. The normalized spacial score (nSPS) is 14.3. The van der Waals surface area contributed by atoms with Gasteiger partial charge in [0.15, 0.2) is 0 Å². The molecule has 0 aromatic heterocycles. The Morgan fingerprint density at radius 3 is 2.50 bits per heavy atom. The van der Waals surface area contributed by atoms with Crippen LogP contribution in [0.25, 0.3) is 0 Å². The van der Waals surface area contributed by atoms with Crippen LogP contribution in [0.3, 0.4) is 0 Å². The number of hydrogen-bond donors (Lipinski definition) is 2. The molecule has 0 aliphatic rings. The van der Waals surface area contributed by atoms with E-state index in [4.69, 9.17) is 4.74 Å². The molecule has 0 aliphatic carbocycles. The molecule has 0 bridgehead atoms. The van der Waals surface area contributed by atoms with E-state index in [0.717, 1.165) is 30.8 Å². The fourth-order valence-corrected chi connectivity index (χ4v) is 1.97. The van der Waals surface area contributed by atoms with Crippen LogP contribution in [0.5, 0.6) is 5.75 Å². The van der Waals surface area contributed by atoms with Crippen LogP contribution < -0.4 is 10.1 Å². The van der Waals surface area contributed by atoms with E-state index < -0.39 is 6.10 Å². The second-order valence-corrected chi connectivity index (χ2v) is 5.23. The number of nitrogens with one attached hydrogen (secondary N) is 1. The molecule has 2 unspecified atom stereocenters. The van der Waals surface area contributed by atoms with Crippen molar-refractivity contribution in [3.63, 3.8) is 0 Å². The third-order valence-corrected chi connectivity index (χ3v) is 3.82. The molecular formula is C16H28N2O2. The van der Waals surface area contributed by atoms with E-state index in [1.54, 1.807) is 7.11 Å². The van der Waals surface area contributed by atoms with Gasteiger partial charge in [-0.25, -0.2) is 0 Å². The highest BCUT2D eigenvalue weighted by Gasteiger charge is 2.08. The largest absolute Gasteiger partial charge is 0.497 e. The van der Waals surface area contributed by atoms with Crippen LogP contribution in [0.15, 0.2) is 24.3 Å². The van der Waals surface area contributed by atoms with Crippen molar-refractivity contribution in [3.8, 4) is 5.75 Å². The van der Waals surface area contributed by atoms with Crippen LogP contribution in [-0.2, 0) is 0 Å². The summed E-state index contributed by atoms with van der Waals surface area (Å²) in [5.74, 6) is 0.809. The molecule has 2 atom stereocenters. The van der Waals surface area contributed by atoms with E-state index in [9.17, 15) is 5.11 Å². The van der Waals surface area contributed by atoms with Gasteiger partial charge in [-0.2, -0.15) is 0 Å². The molecule has 1 aromatic rings. The number of likely N-dealkylation sites (N-methyl/N-ethyl adjacent to an activating group) is 1. The highest BCUT2D eigenvalue weighted by molar-refractivity contribution is 5.28. The average molecular weight is 280 g/mol. The molecular weight excluding hydrogens is 252 g/mol. The van der Waals surface area contributed by atoms with Crippen molar-refractivity contribution >= 4 is 0 Å². The lowest BCUT2D eigenvalue weighted by Crippen LogP contribution is -2.36. The van der Waals surface area contributed by atoms with Crippen LogP contribution >= 0.6 is 0 Å². The lowest BCUT2D eigenvalue weighted by Gasteiger charge is -2.23. The summed E-state index contributed by atoms with van der Waals surface area (Å²) in [7, 11) is 3.77. The summed E-state index contributed by atoms with van der Waals surface area (Å²) in [4.78, 5) is 2.33. The number of hydrogen-bond acceptors (Lipinski definition) is 4. The Kier molecular flexibility index (Phi) is 7.59. The number of aliphatic hydroxyl groups excluding tert-OH is 1. The van der Waals surface area contributed by atoms with Gasteiger partial charge in [-0.15, -0.1) is 0 Å². The van der Waals surface area contributed by atoms with Gasteiger partial charge < -0.3 is 20.1 Å². The highest BCUT2D eigenvalue weighted by atomic mass is 16.5. The fourth-order valence-electron chi connectivity index (χ4n) is 1.97. The van der Waals surface area contributed by atoms with Gasteiger partial charge in [0.05, 0.1) is 13.2 Å². The molecule has 20 heavy (non-hydrogen) atoms.